The molecule has 12 nitrogen and oxygen atoms in total. The van der Waals surface area contributed by atoms with Gasteiger partial charge in [0.1, 0.15) is 23.1 Å². The van der Waals surface area contributed by atoms with Crippen LogP contribution in [0.5, 0.6) is 0 Å². The van der Waals surface area contributed by atoms with E-state index in [2.05, 4.69) is 39.2 Å². The summed E-state index contributed by atoms with van der Waals surface area (Å²) in [5.41, 5.74) is 3.05. The molecule has 214 valence electrons. The van der Waals surface area contributed by atoms with Gasteiger partial charge in [-0.2, -0.15) is 0 Å². The Hall–Kier alpha value is -4.48. The summed E-state index contributed by atoms with van der Waals surface area (Å²) in [4.78, 5) is 63.9. The van der Waals surface area contributed by atoms with Gasteiger partial charge in [-0.25, -0.2) is 9.78 Å². The van der Waals surface area contributed by atoms with Crippen molar-refractivity contribution in [3.8, 4) is 0 Å². The third-order valence-electron chi connectivity index (χ3n) is 6.04. The molecule has 1 atom stereocenters. The normalized spacial score (nSPS) is 12.1. The van der Waals surface area contributed by atoms with Crippen molar-refractivity contribution in [1.29, 1.82) is 0 Å². The molecule has 0 bridgehead atoms. The van der Waals surface area contributed by atoms with Gasteiger partial charge < -0.3 is 29.8 Å². The quantitative estimate of drug-likeness (QED) is 0.310. The Balaban J connectivity index is 1.78. The molecule has 3 aromatic rings. The van der Waals surface area contributed by atoms with Gasteiger partial charge in [0, 0.05) is 26.0 Å². The minimum atomic E-state index is -0.995. The van der Waals surface area contributed by atoms with Crippen molar-refractivity contribution in [3.63, 3.8) is 0 Å². The Morgan fingerprint density at radius 2 is 1.98 bits per heavy atom. The number of aromatic amines is 1. The highest BCUT2D eigenvalue weighted by Crippen LogP contribution is 2.19. The van der Waals surface area contributed by atoms with Crippen molar-refractivity contribution in [3.05, 3.63) is 64.1 Å². The number of alkyl carbamates (subject to hydrolysis) is 1. The van der Waals surface area contributed by atoms with Gasteiger partial charge >= 0.3 is 6.09 Å². The van der Waals surface area contributed by atoms with E-state index in [9.17, 15) is 19.2 Å². The summed E-state index contributed by atoms with van der Waals surface area (Å²) in [6, 6.07) is 4.07. The van der Waals surface area contributed by atoms with Crippen LogP contribution in [-0.2, 0) is 27.3 Å². The monoisotopic (exact) mass is 551 g/mol. The lowest BCUT2D eigenvalue weighted by Crippen LogP contribution is -2.44. The zero-order valence-electron chi connectivity index (χ0n) is 23.8. The second-order valence-electron chi connectivity index (χ2n) is 10.1. The van der Waals surface area contributed by atoms with Gasteiger partial charge in [-0.3, -0.25) is 19.4 Å². The number of amides is 3. The fourth-order valence-corrected chi connectivity index (χ4v) is 4.08. The lowest BCUT2D eigenvalue weighted by Gasteiger charge is -2.17. The van der Waals surface area contributed by atoms with Crippen LogP contribution in [0.1, 0.15) is 43.9 Å². The van der Waals surface area contributed by atoms with E-state index in [-0.39, 0.29) is 24.6 Å². The summed E-state index contributed by atoms with van der Waals surface area (Å²) in [6.45, 7) is 6.34. The van der Waals surface area contributed by atoms with Gasteiger partial charge in [0.2, 0.25) is 11.8 Å². The first-order valence-electron chi connectivity index (χ1n) is 13.1. The summed E-state index contributed by atoms with van der Waals surface area (Å²) in [5, 5.41) is 5.09. The molecule has 0 aliphatic rings. The molecule has 1 unspecified atom stereocenters. The number of allylic oxidation sites excluding steroid dienone is 1. The largest absolute Gasteiger partial charge is 0.453 e. The number of H-pyrrole nitrogens is 1. The fraction of sp³-hybridized carbons (Fsp3) is 0.429. The predicted molar refractivity (Wildman–Crippen MR) is 152 cm³/mol. The highest BCUT2D eigenvalue weighted by atomic mass is 16.5. The third kappa shape index (κ3) is 8.01. The molecule has 3 rings (SSSR count). The molecule has 0 saturated carbocycles. The van der Waals surface area contributed by atoms with Crippen LogP contribution in [0.25, 0.3) is 11.0 Å². The van der Waals surface area contributed by atoms with E-state index in [1.807, 2.05) is 13.0 Å². The van der Waals surface area contributed by atoms with Crippen LogP contribution in [0.4, 0.5) is 10.5 Å². The van der Waals surface area contributed by atoms with Gasteiger partial charge in [0.25, 0.3) is 5.56 Å². The number of likely N-dealkylation sites (N-methyl/N-ethyl adjacent to an activating group) is 1. The second-order valence-corrected chi connectivity index (χ2v) is 10.1. The van der Waals surface area contributed by atoms with Crippen molar-refractivity contribution in [2.24, 2.45) is 5.92 Å². The molecular formula is C28H37N7O5. The van der Waals surface area contributed by atoms with Crippen molar-refractivity contribution in [2.45, 2.75) is 52.6 Å². The van der Waals surface area contributed by atoms with Crippen molar-refractivity contribution >= 4 is 34.6 Å². The van der Waals surface area contributed by atoms with Gasteiger partial charge in [-0.1, -0.05) is 19.9 Å². The first kappa shape index (κ1) is 30.1. The van der Waals surface area contributed by atoms with Crippen molar-refractivity contribution in [2.75, 3.05) is 26.5 Å². The van der Waals surface area contributed by atoms with E-state index in [0.717, 1.165) is 28.8 Å². The summed E-state index contributed by atoms with van der Waals surface area (Å²) in [7, 11) is 4.45. The molecule has 3 aromatic heterocycles. The van der Waals surface area contributed by atoms with Gasteiger partial charge in [-0.15, -0.1) is 0 Å². The van der Waals surface area contributed by atoms with E-state index in [1.54, 1.807) is 32.4 Å². The van der Waals surface area contributed by atoms with Crippen LogP contribution in [0.2, 0.25) is 0 Å². The second kappa shape index (κ2) is 13.5. The number of imidazole rings is 1. The number of nitrogens with zero attached hydrogens (tertiary/aromatic N) is 4. The minimum Gasteiger partial charge on any atom is -0.453 e. The van der Waals surface area contributed by atoms with E-state index >= 15 is 0 Å². The molecule has 12 heteroatoms. The third-order valence-corrected chi connectivity index (χ3v) is 6.04. The summed E-state index contributed by atoms with van der Waals surface area (Å²) in [6.07, 6.45) is 5.14. The Labute approximate surface area is 232 Å². The van der Waals surface area contributed by atoms with Gasteiger partial charge in [-0.05, 0) is 56.4 Å². The van der Waals surface area contributed by atoms with Crippen LogP contribution < -0.4 is 16.2 Å². The topological polar surface area (TPSA) is 151 Å². The maximum absolute atomic E-state index is 13.2. The van der Waals surface area contributed by atoms with Crippen LogP contribution in [0.15, 0.2) is 41.3 Å². The van der Waals surface area contributed by atoms with Crippen LogP contribution in [-0.4, -0.2) is 69.6 Å². The van der Waals surface area contributed by atoms with Gasteiger partial charge in [0.05, 0.1) is 24.9 Å². The van der Waals surface area contributed by atoms with E-state index < -0.39 is 23.6 Å². The highest BCUT2D eigenvalue weighted by Gasteiger charge is 2.22. The van der Waals surface area contributed by atoms with Gasteiger partial charge in [0.15, 0.2) is 0 Å². The van der Waals surface area contributed by atoms with E-state index in [4.69, 9.17) is 4.98 Å². The molecule has 0 aromatic carbocycles. The number of hydrogen-bond donors (Lipinski definition) is 3. The molecule has 0 aliphatic carbocycles. The van der Waals surface area contributed by atoms with Crippen LogP contribution in [0, 0.1) is 12.8 Å². The zero-order chi connectivity index (χ0) is 29.4. The maximum Gasteiger partial charge on any atom is 0.407 e. The number of anilines is 1. The molecule has 0 radical (unpaired) electrons. The van der Waals surface area contributed by atoms with Crippen LogP contribution >= 0.6 is 0 Å². The molecular weight excluding hydrogens is 514 g/mol. The Bertz CT molecular complexity index is 1450. The molecule has 3 N–H and O–H groups in total. The smallest absolute Gasteiger partial charge is 0.407 e. The number of aromatic nitrogens is 4. The standard InChI is InChI=1S/C28H37N7O5/c1-17(2)14-21-25-22(15-18(3)29-21)30-23(33-25)16-35-13-9-11-20(27(35)38)31-26(37)19(32-28(39)40-6)10-7-8-12-24(36)34(4)5/h8-9,11-13,15,17,19H,7,10,14,16H2,1-6H3,(H,30,33)(H,31,37)(H,32,39). The molecule has 40 heavy (non-hydrogen) atoms. The Kier molecular flexibility index (Phi) is 10.2. The number of fused-ring (bicyclic) bond motifs is 1. The number of nitrogens with one attached hydrogen (secondary N) is 3. The molecule has 0 fully saturated rings. The summed E-state index contributed by atoms with van der Waals surface area (Å²) >= 11 is 0. The Morgan fingerprint density at radius 1 is 1.23 bits per heavy atom. The van der Waals surface area contributed by atoms with Crippen molar-refractivity contribution < 1.29 is 19.1 Å². The number of pyridine rings is 2. The number of carbonyl (C=O) groups excluding carboxylic acids is 3. The Morgan fingerprint density at radius 3 is 2.65 bits per heavy atom. The SMILES string of the molecule is COC(=O)NC(CCC=CC(=O)N(C)C)C(=O)Nc1cccn(Cc2nc3c(CC(C)C)nc(C)cc3[nH]2)c1=O. The summed E-state index contributed by atoms with van der Waals surface area (Å²) < 4.78 is 6.08. The predicted octanol–water partition coefficient (Wildman–Crippen LogP) is 2.76. The number of methoxy groups -OCH3 is 1. The first-order valence-corrected chi connectivity index (χ1v) is 13.1. The lowest BCUT2D eigenvalue weighted by molar-refractivity contribution is -0.123. The lowest BCUT2D eigenvalue weighted by atomic mass is 10.1. The highest BCUT2D eigenvalue weighted by molar-refractivity contribution is 5.96. The molecule has 0 saturated heterocycles. The summed E-state index contributed by atoms with van der Waals surface area (Å²) in [5.74, 6) is 0.215. The maximum atomic E-state index is 13.2. The number of ether oxygens (including phenoxy) is 1. The fourth-order valence-electron chi connectivity index (χ4n) is 4.08. The average molecular weight is 552 g/mol. The average Bonchev–Trinajstić information content (AvgIpc) is 3.29. The zero-order valence-corrected chi connectivity index (χ0v) is 23.8. The number of carbonyl (C=O) groups is 3. The van der Waals surface area contributed by atoms with E-state index in [0.29, 0.717) is 18.2 Å². The molecule has 3 amide bonds. The number of rotatable bonds is 11. The molecule has 0 aliphatic heterocycles. The number of aryl methyl sites for hydroxylation is 1. The molecule has 0 spiro atoms. The first-order chi connectivity index (χ1) is 19.0. The minimum absolute atomic E-state index is 0.0524. The van der Waals surface area contributed by atoms with Crippen molar-refractivity contribution in [1.82, 2.24) is 29.7 Å². The molecule has 3 heterocycles. The van der Waals surface area contributed by atoms with Crippen LogP contribution in [0.3, 0.4) is 0 Å². The number of hydrogen-bond acceptors (Lipinski definition) is 7. The van der Waals surface area contributed by atoms with E-state index in [1.165, 1.54) is 28.7 Å².